The molecule has 1 amide bonds. The Kier molecular flexibility index (Phi) is 12.7. The number of aliphatic carboxylic acids is 2. The Bertz CT molecular complexity index is 1220. The molecule has 4 rings (SSSR count). The smallest absolute Gasteiger partial charge is 0.475 e. The number of morpholine rings is 1. The number of amides is 1. The first-order valence-electron chi connectivity index (χ1n) is 13.3. The summed E-state index contributed by atoms with van der Waals surface area (Å²) in [6.07, 6.45) is -4.69. The van der Waals surface area contributed by atoms with Crippen LogP contribution >= 0.6 is 0 Å². The summed E-state index contributed by atoms with van der Waals surface area (Å²) in [6.45, 7) is 6.99. The van der Waals surface area contributed by atoms with Crippen LogP contribution < -0.4 is 5.32 Å². The number of aryl methyl sites for hydroxylation is 2. The summed E-state index contributed by atoms with van der Waals surface area (Å²) < 4.78 is 71.8. The highest BCUT2D eigenvalue weighted by Gasteiger charge is 2.44. The predicted octanol–water partition coefficient (Wildman–Crippen LogP) is 2.98. The fourth-order valence-corrected chi connectivity index (χ4v) is 4.57. The van der Waals surface area contributed by atoms with Crippen LogP contribution in [0.4, 0.5) is 26.3 Å². The lowest BCUT2D eigenvalue weighted by Crippen LogP contribution is -2.61. The van der Waals surface area contributed by atoms with Gasteiger partial charge in [0.25, 0.3) is 5.91 Å². The number of piperidine rings is 1. The van der Waals surface area contributed by atoms with Crippen LogP contribution in [0.2, 0.25) is 0 Å². The molecule has 1 unspecified atom stereocenters. The van der Waals surface area contributed by atoms with E-state index in [0.717, 1.165) is 44.6 Å². The van der Waals surface area contributed by atoms with E-state index in [1.165, 1.54) is 11.1 Å². The molecule has 2 aromatic rings. The average molecular weight is 640 g/mol. The second-order valence-electron chi connectivity index (χ2n) is 10.6. The fraction of sp³-hybridized carbons (Fsp3) is 0.556. The number of carbonyl (C=O) groups excluding carboxylic acids is 1. The van der Waals surface area contributed by atoms with Gasteiger partial charge in [0.1, 0.15) is 6.10 Å². The van der Waals surface area contributed by atoms with E-state index in [2.05, 4.69) is 64.6 Å². The van der Waals surface area contributed by atoms with Crippen LogP contribution in [0.5, 0.6) is 0 Å². The Morgan fingerprint density at radius 2 is 1.50 bits per heavy atom. The van der Waals surface area contributed by atoms with E-state index in [4.69, 9.17) is 24.5 Å². The highest BCUT2D eigenvalue weighted by atomic mass is 19.4. The molecule has 44 heavy (non-hydrogen) atoms. The van der Waals surface area contributed by atoms with Gasteiger partial charge in [-0.15, -0.1) is 0 Å². The van der Waals surface area contributed by atoms with Crippen molar-refractivity contribution < 1.29 is 55.7 Å². The van der Waals surface area contributed by atoms with Crippen molar-refractivity contribution in [2.75, 3.05) is 33.2 Å². The van der Waals surface area contributed by atoms with Gasteiger partial charge in [0.15, 0.2) is 0 Å². The molecule has 3 N–H and O–H groups in total. The first kappa shape index (κ1) is 36.5. The number of carboxylic acid groups (broad SMARTS) is 2. The van der Waals surface area contributed by atoms with Gasteiger partial charge in [0.2, 0.25) is 0 Å². The first-order valence-corrected chi connectivity index (χ1v) is 13.3. The number of likely N-dealkylation sites (tertiary alicyclic amines) is 1. The Morgan fingerprint density at radius 3 is 1.95 bits per heavy atom. The lowest BCUT2D eigenvalue weighted by molar-refractivity contribution is -0.193. The molecule has 0 bridgehead atoms. The molecule has 1 atom stereocenters. The number of benzene rings is 1. The van der Waals surface area contributed by atoms with Gasteiger partial charge in [-0.2, -0.15) is 31.4 Å². The largest absolute Gasteiger partial charge is 0.490 e. The molecule has 1 spiro atoms. The van der Waals surface area contributed by atoms with Gasteiger partial charge in [0, 0.05) is 58.1 Å². The number of hydrogen-bond donors (Lipinski definition) is 3. The lowest BCUT2D eigenvalue weighted by Gasteiger charge is -2.48. The van der Waals surface area contributed by atoms with Crippen LogP contribution in [0.25, 0.3) is 0 Å². The summed E-state index contributed by atoms with van der Waals surface area (Å²) >= 11 is 0. The zero-order chi connectivity index (χ0) is 33.3. The molecular formula is C27H35F6N5O6. The summed E-state index contributed by atoms with van der Waals surface area (Å²) in [5.41, 5.74) is 3.34. The third kappa shape index (κ3) is 12.1. The number of nitrogens with one attached hydrogen (secondary N) is 1. The normalized spacial score (nSPS) is 18.8. The maximum atomic E-state index is 12.8. The molecule has 2 aliphatic rings. The number of ether oxygens (including phenoxy) is 1. The van der Waals surface area contributed by atoms with Crippen LogP contribution in [0.3, 0.4) is 0 Å². The zero-order valence-corrected chi connectivity index (χ0v) is 24.3. The third-order valence-corrected chi connectivity index (χ3v) is 6.72. The maximum Gasteiger partial charge on any atom is 0.490 e. The maximum absolute atomic E-state index is 12.8. The van der Waals surface area contributed by atoms with Crippen LogP contribution in [0.15, 0.2) is 36.7 Å². The van der Waals surface area contributed by atoms with Crippen molar-refractivity contribution in [2.45, 2.75) is 56.9 Å². The number of rotatable bonds is 5. The SMILES string of the molecule is Cc1ccc(CNC(=O)C2CN(C)CC3(CCN(Cc4cnn(C)c4)CC3)O2)cc1.O=C(O)C(F)(F)F.O=C(O)C(F)(F)F. The molecule has 0 aliphatic carbocycles. The highest BCUT2D eigenvalue weighted by Crippen LogP contribution is 2.32. The summed E-state index contributed by atoms with van der Waals surface area (Å²) in [6, 6.07) is 8.26. The number of hydrogen-bond acceptors (Lipinski definition) is 7. The van der Waals surface area contributed by atoms with Crippen molar-refractivity contribution in [1.82, 2.24) is 24.9 Å². The molecule has 2 saturated heterocycles. The molecule has 1 aromatic carbocycles. The number of carboxylic acids is 2. The molecule has 3 heterocycles. The van der Waals surface area contributed by atoms with Gasteiger partial charge in [0.05, 0.1) is 11.8 Å². The van der Waals surface area contributed by atoms with Gasteiger partial charge in [-0.25, -0.2) is 9.59 Å². The second-order valence-corrected chi connectivity index (χ2v) is 10.6. The minimum Gasteiger partial charge on any atom is -0.475 e. The molecule has 1 aromatic heterocycles. The molecule has 2 aliphatic heterocycles. The molecule has 246 valence electrons. The minimum absolute atomic E-state index is 0.0145. The van der Waals surface area contributed by atoms with Crippen molar-refractivity contribution >= 4 is 17.8 Å². The van der Waals surface area contributed by atoms with Crippen LogP contribution in [-0.4, -0.2) is 105 Å². The Labute approximate surface area is 249 Å². The van der Waals surface area contributed by atoms with Crippen molar-refractivity contribution in [1.29, 1.82) is 0 Å². The number of alkyl halides is 6. The summed E-state index contributed by atoms with van der Waals surface area (Å²) in [5.74, 6) is -5.53. The lowest BCUT2D eigenvalue weighted by atomic mass is 9.88. The van der Waals surface area contributed by atoms with E-state index < -0.39 is 30.4 Å². The van der Waals surface area contributed by atoms with Gasteiger partial charge in [-0.05, 0) is 32.4 Å². The summed E-state index contributed by atoms with van der Waals surface area (Å²) in [5, 5.41) is 21.6. The quantitative estimate of drug-likeness (QED) is 0.422. The second kappa shape index (κ2) is 15.3. The Balaban J connectivity index is 0.000000402. The molecule has 0 saturated carbocycles. The zero-order valence-electron chi connectivity index (χ0n) is 24.3. The van der Waals surface area contributed by atoms with Crippen molar-refractivity contribution in [3.8, 4) is 0 Å². The van der Waals surface area contributed by atoms with Crippen LogP contribution in [-0.2, 0) is 39.3 Å². The predicted molar refractivity (Wildman–Crippen MR) is 143 cm³/mol. The summed E-state index contributed by atoms with van der Waals surface area (Å²) in [4.78, 5) is 35.3. The van der Waals surface area contributed by atoms with E-state index in [9.17, 15) is 31.1 Å². The van der Waals surface area contributed by atoms with Crippen molar-refractivity contribution in [2.24, 2.45) is 7.05 Å². The molecule has 11 nitrogen and oxygen atoms in total. The van der Waals surface area contributed by atoms with Gasteiger partial charge >= 0.3 is 24.3 Å². The van der Waals surface area contributed by atoms with E-state index >= 15 is 0 Å². The molecule has 2 fully saturated rings. The van der Waals surface area contributed by atoms with E-state index in [0.29, 0.717) is 13.1 Å². The van der Waals surface area contributed by atoms with Crippen molar-refractivity contribution in [3.63, 3.8) is 0 Å². The highest BCUT2D eigenvalue weighted by molar-refractivity contribution is 5.81. The number of halogens is 6. The monoisotopic (exact) mass is 639 g/mol. The van der Waals surface area contributed by atoms with E-state index in [1.54, 1.807) is 0 Å². The van der Waals surface area contributed by atoms with Gasteiger partial charge in [-0.3, -0.25) is 14.4 Å². The number of nitrogens with zero attached hydrogens (tertiary/aromatic N) is 4. The van der Waals surface area contributed by atoms with Crippen LogP contribution in [0.1, 0.15) is 29.5 Å². The molecular weight excluding hydrogens is 604 g/mol. The van der Waals surface area contributed by atoms with Crippen LogP contribution in [0, 0.1) is 6.92 Å². The minimum atomic E-state index is -5.08. The van der Waals surface area contributed by atoms with Gasteiger partial charge in [-0.1, -0.05) is 29.8 Å². The Hall–Kier alpha value is -3.70. The molecule has 17 heteroatoms. The number of likely N-dealkylation sites (N-methyl/N-ethyl adjacent to an activating group) is 1. The number of aromatic nitrogens is 2. The standard InChI is InChI=1S/C23H33N5O2.2C2HF3O2/c1-18-4-6-19(7-5-18)12-24-22(29)21-16-26(2)17-23(30-21)8-10-28(11-9-23)15-20-13-25-27(3)14-20;2*3-2(4,5)1(6)7/h4-7,13-14,21H,8-12,15-17H2,1-3H3,(H,24,29);2*(H,6,7). The number of carbonyl (C=O) groups is 3. The topological polar surface area (TPSA) is 137 Å². The van der Waals surface area contributed by atoms with Crippen molar-refractivity contribution in [3.05, 3.63) is 53.3 Å². The Morgan fingerprint density at radius 1 is 0.977 bits per heavy atom. The first-order chi connectivity index (χ1) is 20.3. The molecule has 0 radical (unpaired) electrons. The average Bonchev–Trinajstić information content (AvgIpc) is 3.33. The van der Waals surface area contributed by atoms with E-state index in [1.807, 2.05) is 17.9 Å². The summed E-state index contributed by atoms with van der Waals surface area (Å²) in [7, 11) is 4.04. The third-order valence-electron chi connectivity index (χ3n) is 6.72. The fourth-order valence-electron chi connectivity index (χ4n) is 4.57. The van der Waals surface area contributed by atoms with Gasteiger partial charge < -0.3 is 25.2 Å². The van der Waals surface area contributed by atoms with E-state index in [-0.39, 0.29) is 11.5 Å².